The molecule has 0 unspecified atom stereocenters. The Balaban J connectivity index is 2.00. The van der Waals surface area contributed by atoms with Gasteiger partial charge in [0.1, 0.15) is 6.61 Å². The van der Waals surface area contributed by atoms with Crippen LogP contribution in [-0.4, -0.2) is 38.4 Å². The lowest BCUT2D eigenvalue weighted by Gasteiger charge is -2.11. The summed E-state index contributed by atoms with van der Waals surface area (Å²) in [5.41, 5.74) is 0. The van der Waals surface area contributed by atoms with E-state index in [1.165, 1.54) is 0 Å². The first-order valence-corrected chi connectivity index (χ1v) is 3.82. The first-order chi connectivity index (χ1) is 5.36. The monoisotopic (exact) mass is 157 g/mol. The quantitative estimate of drug-likeness (QED) is 0.498. The maximum Gasteiger partial charge on any atom is 0.246 e. The van der Waals surface area contributed by atoms with Crippen molar-refractivity contribution in [3.63, 3.8) is 0 Å². The molecule has 0 aromatic heterocycles. The van der Waals surface area contributed by atoms with Crippen LogP contribution in [0, 0.1) is 5.92 Å². The summed E-state index contributed by atoms with van der Waals surface area (Å²) in [7, 11) is 0. The number of hydrogen-bond donors (Lipinski definition) is 1. The van der Waals surface area contributed by atoms with Crippen molar-refractivity contribution >= 4 is 5.91 Å². The van der Waals surface area contributed by atoms with Crippen molar-refractivity contribution in [3.05, 3.63) is 0 Å². The van der Waals surface area contributed by atoms with Crippen LogP contribution in [-0.2, 0) is 14.3 Å². The minimum Gasteiger partial charge on any atom is -0.378 e. The summed E-state index contributed by atoms with van der Waals surface area (Å²) in [5, 5.41) is 2.77. The van der Waals surface area contributed by atoms with Crippen LogP contribution >= 0.6 is 0 Å². The summed E-state index contributed by atoms with van der Waals surface area (Å²) in [6.07, 6.45) is 0.133. The molecule has 2 heterocycles. The van der Waals surface area contributed by atoms with Crippen molar-refractivity contribution in [1.82, 2.24) is 5.32 Å². The maximum atomic E-state index is 10.8. The van der Waals surface area contributed by atoms with E-state index in [2.05, 4.69) is 5.32 Å². The normalized spacial score (nSPS) is 37.6. The van der Waals surface area contributed by atoms with Gasteiger partial charge >= 0.3 is 0 Å². The number of carbonyl (C=O) groups excluding carboxylic acids is 1. The van der Waals surface area contributed by atoms with E-state index in [4.69, 9.17) is 9.47 Å². The van der Waals surface area contributed by atoms with Crippen LogP contribution < -0.4 is 5.32 Å². The molecule has 1 amide bonds. The molecule has 0 aromatic rings. The third kappa shape index (κ3) is 1.36. The highest BCUT2D eigenvalue weighted by molar-refractivity contribution is 5.77. The maximum absolute atomic E-state index is 10.8. The Morgan fingerprint density at radius 1 is 1.45 bits per heavy atom. The molecule has 2 aliphatic heterocycles. The summed E-state index contributed by atoms with van der Waals surface area (Å²) in [5.74, 6) is 0.348. The molecule has 0 aliphatic carbocycles. The SMILES string of the molecule is O=C1CO[C@@H]2COC[C@H]2CN1. The van der Waals surface area contributed by atoms with Crippen molar-refractivity contribution in [2.75, 3.05) is 26.4 Å². The second kappa shape index (κ2) is 2.79. The highest BCUT2D eigenvalue weighted by Crippen LogP contribution is 2.17. The van der Waals surface area contributed by atoms with E-state index in [-0.39, 0.29) is 18.6 Å². The molecular weight excluding hydrogens is 146 g/mol. The number of nitrogens with one attached hydrogen (secondary N) is 1. The van der Waals surface area contributed by atoms with Crippen molar-refractivity contribution in [1.29, 1.82) is 0 Å². The average molecular weight is 157 g/mol. The number of ether oxygens (including phenoxy) is 2. The fraction of sp³-hybridized carbons (Fsp3) is 0.857. The Morgan fingerprint density at radius 3 is 3.27 bits per heavy atom. The molecule has 4 heteroatoms. The van der Waals surface area contributed by atoms with Crippen LogP contribution in [0.3, 0.4) is 0 Å². The third-order valence-electron chi connectivity index (χ3n) is 2.13. The second-order valence-corrected chi connectivity index (χ2v) is 2.95. The van der Waals surface area contributed by atoms with Gasteiger partial charge in [0.2, 0.25) is 5.91 Å². The van der Waals surface area contributed by atoms with Crippen molar-refractivity contribution in [2.24, 2.45) is 5.92 Å². The Labute approximate surface area is 64.9 Å². The largest absolute Gasteiger partial charge is 0.378 e. The smallest absolute Gasteiger partial charge is 0.246 e. The van der Waals surface area contributed by atoms with Gasteiger partial charge in [0.25, 0.3) is 0 Å². The average Bonchev–Trinajstić information content (AvgIpc) is 2.38. The zero-order valence-electron chi connectivity index (χ0n) is 6.21. The third-order valence-corrected chi connectivity index (χ3v) is 2.13. The minimum atomic E-state index is -0.0144. The number of carbonyl (C=O) groups is 1. The van der Waals surface area contributed by atoms with Crippen LogP contribution in [0.25, 0.3) is 0 Å². The van der Waals surface area contributed by atoms with Gasteiger partial charge in [-0.2, -0.15) is 0 Å². The molecule has 0 radical (unpaired) electrons. The molecular formula is C7H11NO3. The van der Waals surface area contributed by atoms with Gasteiger partial charge in [0.05, 0.1) is 19.3 Å². The molecule has 2 saturated heterocycles. The molecule has 4 nitrogen and oxygen atoms in total. The number of fused-ring (bicyclic) bond motifs is 1. The molecule has 1 N–H and O–H groups in total. The fourth-order valence-electron chi connectivity index (χ4n) is 1.43. The van der Waals surface area contributed by atoms with Crippen LogP contribution in [0.1, 0.15) is 0 Å². The summed E-state index contributed by atoms with van der Waals surface area (Å²) >= 11 is 0. The zero-order valence-corrected chi connectivity index (χ0v) is 6.21. The van der Waals surface area contributed by atoms with Gasteiger partial charge in [-0.05, 0) is 0 Å². The predicted octanol–water partition coefficient (Wildman–Crippen LogP) is -0.852. The van der Waals surface area contributed by atoms with Gasteiger partial charge in [-0.25, -0.2) is 0 Å². The first-order valence-electron chi connectivity index (χ1n) is 3.82. The molecule has 62 valence electrons. The highest BCUT2D eigenvalue weighted by Gasteiger charge is 2.31. The summed E-state index contributed by atoms with van der Waals surface area (Å²) in [6, 6.07) is 0. The van der Waals surface area contributed by atoms with Gasteiger partial charge in [0.15, 0.2) is 0 Å². The second-order valence-electron chi connectivity index (χ2n) is 2.95. The van der Waals surface area contributed by atoms with Crippen molar-refractivity contribution < 1.29 is 14.3 Å². The van der Waals surface area contributed by atoms with Crippen molar-refractivity contribution in [3.8, 4) is 0 Å². The van der Waals surface area contributed by atoms with E-state index in [0.717, 1.165) is 0 Å². The van der Waals surface area contributed by atoms with E-state index in [1.807, 2.05) is 0 Å². The molecule has 2 rings (SSSR count). The fourth-order valence-corrected chi connectivity index (χ4v) is 1.43. The molecule has 2 fully saturated rings. The summed E-state index contributed by atoms with van der Waals surface area (Å²) in [6.45, 7) is 2.23. The van der Waals surface area contributed by atoms with E-state index in [0.29, 0.717) is 25.7 Å². The van der Waals surface area contributed by atoms with Gasteiger partial charge in [-0.3, -0.25) is 4.79 Å². The molecule has 0 spiro atoms. The zero-order chi connectivity index (χ0) is 7.68. The molecule has 2 atom stereocenters. The Kier molecular flexibility index (Phi) is 1.79. The predicted molar refractivity (Wildman–Crippen MR) is 37.1 cm³/mol. The molecule has 0 bridgehead atoms. The van der Waals surface area contributed by atoms with Crippen LogP contribution in [0.4, 0.5) is 0 Å². The van der Waals surface area contributed by atoms with Crippen LogP contribution in [0.15, 0.2) is 0 Å². The van der Waals surface area contributed by atoms with E-state index in [1.54, 1.807) is 0 Å². The van der Waals surface area contributed by atoms with Crippen molar-refractivity contribution in [2.45, 2.75) is 6.10 Å². The lowest BCUT2D eigenvalue weighted by Crippen LogP contribution is -2.29. The summed E-state index contributed by atoms with van der Waals surface area (Å²) < 4.78 is 10.5. The summed E-state index contributed by atoms with van der Waals surface area (Å²) in [4.78, 5) is 10.8. The van der Waals surface area contributed by atoms with E-state index in [9.17, 15) is 4.79 Å². The first kappa shape index (κ1) is 7.06. The Hall–Kier alpha value is -0.610. The number of hydrogen-bond acceptors (Lipinski definition) is 3. The molecule has 2 aliphatic rings. The molecule has 0 saturated carbocycles. The van der Waals surface area contributed by atoms with Gasteiger partial charge in [-0.1, -0.05) is 0 Å². The standard InChI is InChI=1S/C7H11NO3/c9-7-4-11-6-3-10-2-5(6)1-8-7/h5-6H,1-4H2,(H,8,9)/t5-,6-/m1/s1. The van der Waals surface area contributed by atoms with E-state index < -0.39 is 0 Å². The van der Waals surface area contributed by atoms with Crippen LogP contribution in [0.5, 0.6) is 0 Å². The number of amides is 1. The number of rotatable bonds is 0. The Morgan fingerprint density at radius 2 is 2.36 bits per heavy atom. The lowest BCUT2D eigenvalue weighted by atomic mass is 10.1. The topological polar surface area (TPSA) is 47.6 Å². The highest BCUT2D eigenvalue weighted by atomic mass is 16.5. The van der Waals surface area contributed by atoms with Crippen LogP contribution in [0.2, 0.25) is 0 Å². The van der Waals surface area contributed by atoms with Gasteiger partial charge in [-0.15, -0.1) is 0 Å². The molecule has 0 aromatic carbocycles. The van der Waals surface area contributed by atoms with Gasteiger partial charge in [0, 0.05) is 12.5 Å². The minimum absolute atomic E-state index is 0.0144. The Bertz CT molecular complexity index is 155. The molecule has 11 heavy (non-hydrogen) atoms. The lowest BCUT2D eigenvalue weighted by molar-refractivity contribution is -0.125. The van der Waals surface area contributed by atoms with E-state index >= 15 is 0 Å². The van der Waals surface area contributed by atoms with Gasteiger partial charge < -0.3 is 14.8 Å².